The minimum absolute atomic E-state index is 0.469. The van der Waals surface area contributed by atoms with Crippen molar-refractivity contribution in [3.05, 3.63) is 23.8 Å². The first-order chi connectivity index (χ1) is 14.5. The predicted octanol–water partition coefficient (Wildman–Crippen LogP) is 0.792. The minimum Gasteiger partial charge on any atom is -0.481 e. The number of aliphatic carboxylic acids is 4. The summed E-state index contributed by atoms with van der Waals surface area (Å²) in [4.78, 5) is 66.4. The quantitative estimate of drug-likeness (QED) is 0.249. The molecule has 168 valence electrons. The molecule has 31 heavy (non-hydrogen) atoms. The summed E-state index contributed by atoms with van der Waals surface area (Å²) in [6, 6.07) is 0. The first-order valence-corrected chi connectivity index (χ1v) is 9.57. The summed E-state index contributed by atoms with van der Waals surface area (Å²) in [6.07, 6.45) is 6.51. The van der Waals surface area contributed by atoms with Crippen LogP contribution >= 0.6 is 0 Å². The molecule has 4 atom stereocenters. The number of carbonyl (C=O) groups is 6. The van der Waals surface area contributed by atoms with E-state index >= 15 is 0 Å². The van der Waals surface area contributed by atoms with Crippen LogP contribution in [0.3, 0.4) is 0 Å². The van der Waals surface area contributed by atoms with E-state index in [1.807, 2.05) is 6.92 Å². The van der Waals surface area contributed by atoms with Crippen LogP contribution in [0.2, 0.25) is 0 Å². The maximum atomic E-state index is 11.3. The van der Waals surface area contributed by atoms with Gasteiger partial charge in [-0.05, 0) is 12.8 Å². The number of rotatable bonds is 7. The number of fused-ring (bicyclic) bond motifs is 2. The van der Waals surface area contributed by atoms with Crippen LogP contribution in [-0.4, -0.2) is 56.2 Å². The van der Waals surface area contributed by atoms with E-state index in [-0.39, 0.29) is 0 Å². The fourth-order valence-electron chi connectivity index (χ4n) is 4.34. The molecule has 1 fully saturated rings. The van der Waals surface area contributed by atoms with E-state index < -0.39 is 71.3 Å². The van der Waals surface area contributed by atoms with Crippen LogP contribution in [0.15, 0.2) is 23.8 Å². The monoisotopic (exact) mass is 438 g/mol. The van der Waals surface area contributed by atoms with Gasteiger partial charge in [0, 0.05) is 23.5 Å². The smallest absolute Gasteiger partial charge is 0.342 e. The second-order valence-electron chi connectivity index (χ2n) is 7.48. The number of allylic oxidation sites excluding steroid dienone is 2. The number of carboxylic acids is 4. The SMILES string of the molecule is CCCCC1=CC(=O)OC1=O.O=C(O)C1C2C=CC(C1C(=O)O)C(C(=O)O)C2C(=O)O. The number of hydrogen-bond acceptors (Lipinski definition) is 7. The van der Waals surface area contributed by atoms with E-state index in [4.69, 9.17) is 20.4 Å². The summed E-state index contributed by atoms with van der Waals surface area (Å²) in [5.41, 5.74) is 0.511. The number of unbranched alkanes of at least 4 members (excludes halogenated alkanes) is 1. The normalized spacial score (nSPS) is 30.7. The van der Waals surface area contributed by atoms with Crippen LogP contribution in [0.1, 0.15) is 26.2 Å². The Morgan fingerprint density at radius 2 is 1.19 bits per heavy atom. The Hall–Kier alpha value is -3.50. The third kappa shape index (κ3) is 4.81. The minimum atomic E-state index is -1.43. The van der Waals surface area contributed by atoms with Crippen LogP contribution in [0.5, 0.6) is 0 Å². The predicted molar refractivity (Wildman–Crippen MR) is 99.3 cm³/mol. The Kier molecular flexibility index (Phi) is 7.32. The molecule has 3 aliphatic carbocycles. The summed E-state index contributed by atoms with van der Waals surface area (Å²) in [5.74, 6) is -14.7. The molecule has 1 heterocycles. The van der Waals surface area contributed by atoms with Gasteiger partial charge in [0.05, 0.1) is 23.7 Å². The summed E-state index contributed by atoms with van der Waals surface area (Å²) in [6.45, 7) is 2.03. The van der Waals surface area contributed by atoms with E-state index in [1.165, 1.54) is 18.2 Å². The highest BCUT2D eigenvalue weighted by molar-refractivity contribution is 6.08. The first kappa shape index (κ1) is 23.8. The summed E-state index contributed by atoms with van der Waals surface area (Å²) in [7, 11) is 0. The van der Waals surface area contributed by atoms with E-state index in [0.717, 1.165) is 12.8 Å². The van der Waals surface area contributed by atoms with Crippen molar-refractivity contribution in [3.8, 4) is 0 Å². The third-order valence-corrected chi connectivity index (χ3v) is 5.68. The Labute approximate surface area is 176 Å². The van der Waals surface area contributed by atoms with Crippen molar-refractivity contribution in [2.45, 2.75) is 26.2 Å². The van der Waals surface area contributed by atoms with E-state index in [1.54, 1.807) is 0 Å². The van der Waals surface area contributed by atoms with Crippen molar-refractivity contribution in [2.24, 2.45) is 35.5 Å². The lowest BCUT2D eigenvalue weighted by Crippen LogP contribution is -2.57. The Balaban J connectivity index is 0.000000262. The number of hydrogen-bond donors (Lipinski definition) is 4. The standard InChI is InChI=1S/C12H12O8.C8H10O3/c13-9(14)5-3-1-2-4(7(5)11(17)18)8(12(19)20)6(3)10(15)16;1-2-3-4-6-5-7(9)11-8(6)10/h1-8H,(H,13,14)(H,15,16)(H,17,18)(H,19,20);5H,2-4H2,1H3. The van der Waals surface area contributed by atoms with Crippen molar-refractivity contribution in [2.75, 3.05) is 0 Å². The molecule has 4 aliphatic rings. The molecule has 0 aromatic heterocycles. The van der Waals surface area contributed by atoms with Gasteiger partial charge in [-0.3, -0.25) is 19.2 Å². The molecule has 2 bridgehead atoms. The molecule has 0 spiro atoms. The molecule has 0 amide bonds. The lowest BCUT2D eigenvalue weighted by atomic mass is 9.53. The highest BCUT2D eigenvalue weighted by atomic mass is 16.6. The fraction of sp³-hybridized carbons (Fsp3) is 0.500. The topological polar surface area (TPSA) is 193 Å². The van der Waals surface area contributed by atoms with Gasteiger partial charge in [-0.2, -0.15) is 0 Å². The van der Waals surface area contributed by atoms with Gasteiger partial charge in [-0.1, -0.05) is 25.5 Å². The second kappa shape index (κ2) is 9.54. The molecule has 11 heteroatoms. The molecule has 0 aromatic carbocycles. The second-order valence-corrected chi connectivity index (χ2v) is 7.48. The molecule has 4 rings (SSSR count). The van der Waals surface area contributed by atoms with Gasteiger partial charge in [0.1, 0.15) is 0 Å². The molecular formula is C20H22O11. The summed E-state index contributed by atoms with van der Waals surface area (Å²) in [5, 5.41) is 36.7. The molecule has 4 N–H and O–H groups in total. The van der Waals surface area contributed by atoms with Crippen LogP contribution in [-0.2, 0) is 33.5 Å². The van der Waals surface area contributed by atoms with E-state index in [0.29, 0.717) is 12.0 Å². The number of carboxylic acid groups (broad SMARTS) is 4. The Morgan fingerprint density at radius 3 is 1.45 bits per heavy atom. The highest BCUT2D eigenvalue weighted by Crippen LogP contribution is 2.51. The molecule has 0 saturated heterocycles. The van der Waals surface area contributed by atoms with E-state index in [2.05, 4.69) is 4.74 Å². The van der Waals surface area contributed by atoms with Gasteiger partial charge in [0.25, 0.3) is 0 Å². The van der Waals surface area contributed by atoms with Crippen molar-refractivity contribution >= 4 is 35.8 Å². The molecule has 11 nitrogen and oxygen atoms in total. The van der Waals surface area contributed by atoms with Gasteiger partial charge >= 0.3 is 35.8 Å². The van der Waals surface area contributed by atoms with Crippen LogP contribution < -0.4 is 0 Å². The van der Waals surface area contributed by atoms with Crippen LogP contribution in [0.4, 0.5) is 0 Å². The number of cyclic esters (lactones) is 2. The first-order valence-electron chi connectivity index (χ1n) is 9.57. The third-order valence-electron chi connectivity index (χ3n) is 5.68. The molecule has 4 unspecified atom stereocenters. The molecule has 0 aromatic rings. The Morgan fingerprint density at radius 1 is 0.806 bits per heavy atom. The average molecular weight is 438 g/mol. The van der Waals surface area contributed by atoms with Crippen LogP contribution in [0, 0.1) is 35.5 Å². The highest BCUT2D eigenvalue weighted by Gasteiger charge is 2.61. The maximum Gasteiger partial charge on any atom is 0.342 e. The van der Waals surface area contributed by atoms with Crippen LogP contribution in [0.25, 0.3) is 0 Å². The summed E-state index contributed by atoms with van der Waals surface area (Å²) >= 11 is 0. The van der Waals surface area contributed by atoms with Crippen molar-refractivity contribution < 1.29 is 53.9 Å². The van der Waals surface area contributed by atoms with Gasteiger partial charge in [-0.25, -0.2) is 9.59 Å². The lowest BCUT2D eigenvalue weighted by Gasteiger charge is -2.47. The zero-order valence-corrected chi connectivity index (χ0v) is 16.5. The number of esters is 2. The zero-order valence-electron chi connectivity index (χ0n) is 16.5. The Bertz CT molecular complexity index is 782. The fourth-order valence-corrected chi connectivity index (χ4v) is 4.34. The summed E-state index contributed by atoms with van der Waals surface area (Å²) < 4.78 is 4.30. The molecule has 1 saturated carbocycles. The van der Waals surface area contributed by atoms with Gasteiger partial charge in [-0.15, -0.1) is 0 Å². The number of ether oxygens (including phenoxy) is 1. The number of carbonyl (C=O) groups excluding carboxylic acids is 2. The van der Waals surface area contributed by atoms with Gasteiger partial charge in [0.15, 0.2) is 0 Å². The molecule has 0 radical (unpaired) electrons. The van der Waals surface area contributed by atoms with Crippen molar-refractivity contribution in [1.29, 1.82) is 0 Å². The average Bonchev–Trinajstić information content (AvgIpc) is 3.02. The van der Waals surface area contributed by atoms with Gasteiger partial charge < -0.3 is 25.2 Å². The molecule has 1 aliphatic heterocycles. The largest absolute Gasteiger partial charge is 0.481 e. The zero-order chi connectivity index (χ0) is 23.5. The van der Waals surface area contributed by atoms with Crippen molar-refractivity contribution in [3.63, 3.8) is 0 Å². The van der Waals surface area contributed by atoms with Gasteiger partial charge in [0.2, 0.25) is 0 Å². The lowest BCUT2D eigenvalue weighted by molar-refractivity contribution is -0.178. The van der Waals surface area contributed by atoms with E-state index in [9.17, 15) is 28.8 Å². The molecular weight excluding hydrogens is 416 g/mol. The maximum absolute atomic E-state index is 11.3. The van der Waals surface area contributed by atoms with Crippen molar-refractivity contribution in [1.82, 2.24) is 0 Å².